The number of nitrogens with one attached hydrogen (secondary N) is 2. The minimum atomic E-state index is 0. The Balaban J connectivity index is 0.00000288. The molecule has 0 amide bonds. The molecule has 0 saturated carbocycles. The second-order valence-corrected chi connectivity index (χ2v) is 6.54. The van der Waals surface area contributed by atoms with Crippen LogP contribution in [0.1, 0.15) is 17.6 Å². The molecule has 2 rings (SSSR count). The van der Waals surface area contributed by atoms with Crippen LogP contribution in [0.25, 0.3) is 0 Å². The molecule has 0 spiro atoms. The van der Waals surface area contributed by atoms with Crippen molar-refractivity contribution >= 4 is 41.3 Å². The topological polar surface area (TPSA) is 49.6 Å². The lowest BCUT2D eigenvalue weighted by molar-refractivity contribution is 0.506. The minimum Gasteiger partial charge on any atom is -0.469 e. The van der Waals surface area contributed by atoms with Gasteiger partial charge in [0.1, 0.15) is 5.76 Å². The van der Waals surface area contributed by atoms with E-state index in [4.69, 9.17) is 4.42 Å². The fraction of sp³-hybridized carbons (Fsp3) is 0.389. The predicted octanol–water partition coefficient (Wildman–Crippen LogP) is 4.10. The molecule has 1 atom stereocenters. The Bertz CT molecular complexity index is 581. The van der Waals surface area contributed by atoms with Crippen molar-refractivity contribution in [2.24, 2.45) is 10.9 Å². The fourth-order valence-corrected chi connectivity index (χ4v) is 3.06. The number of aliphatic imine (C=N–C) groups is 1. The van der Waals surface area contributed by atoms with E-state index in [0.717, 1.165) is 37.7 Å². The van der Waals surface area contributed by atoms with Crippen molar-refractivity contribution in [1.29, 1.82) is 0 Å². The molecule has 0 bridgehead atoms. The van der Waals surface area contributed by atoms with E-state index in [1.54, 1.807) is 6.26 Å². The van der Waals surface area contributed by atoms with Crippen molar-refractivity contribution in [3.05, 3.63) is 59.2 Å². The molecule has 1 unspecified atom stereocenters. The van der Waals surface area contributed by atoms with Crippen molar-refractivity contribution < 1.29 is 4.42 Å². The van der Waals surface area contributed by atoms with Crippen LogP contribution in [-0.2, 0) is 12.8 Å². The third-order valence-electron chi connectivity index (χ3n) is 3.35. The molecule has 4 nitrogen and oxygen atoms in total. The summed E-state index contributed by atoms with van der Waals surface area (Å²) in [6.07, 6.45) is 5.44. The molecule has 0 aromatic carbocycles. The summed E-state index contributed by atoms with van der Waals surface area (Å²) in [5, 5.41) is 8.72. The zero-order valence-corrected chi connectivity index (χ0v) is 17.2. The molecular formula is C18H26IN3OS. The van der Waals surface area contributed by atoms with Gasteiger partial charge >= 0.3 is 0 Å². The van der Waals surface area contributed by atoms with E-state index in [2.05, 4.69) is 46.6 Å². The van der Waals surface area contributed by atoms with Gasteiger partial charge in [-0.05, 0) is 35.9 Å². The first-order valence-corrected chi connectivity index (χ1v) is 8.83. The van der Waals surface area contributed by atoms with Crippen LogP contribution in [0.5, 0.6) is 0 Å². The third-order valence-corrected chi connectivity index (χ3v) is 4.25. The van der Waals surface area contributed by atoms with Gasteiger partial charge in [-0.1, -0.05) is 19.1 Å². The van der Waals surface area contributed by atoms with Crippen LogP contribution in [-0.4, -0.2) is 25.6 Å². The average molecular weight is 459 g/mol. The maximum Gasteiger partial charge on any atom is 0.191 e. The number of furan rings is 1. The van der Waals surface area contributed by atoms with Crippen molar-refractivity contribution in [2.45, 2.75) is 19.8 Å². The van der Waals surface area contributed by atoms with Gasteiger partial charge in [0.05, 0.1) is 6.26 Å². The summed E-state index contributed by atoms with van der Waals surface area (Å²) in [4.78, 5) is 6.10. The van der Waals surface area contributed by atoms with Gasteiger partial charge in [0, 0.05) is 30.9 Å². The first kappa shape index (κ1) is 20.8. The van der Waals surface area contributed by atoms with Gasteiger partial charge in [-0.15, -0.1) is 41.9 Å². The summed E-state index contributed by atoms with van der Waals surface area (Å²) < 4.78 is 5.34. The summed E-state index contributed by atoms with van der Waals surface area (Å²) in [5.41, 5.74) is 0. The molecule has 0 radical (unpaired) electrons. The fourth-order valence-electron chi connectivity index (χ4n) is 2.19. The summed E-state index contributed by atoms with van der Waals surface area (Å²) in [6.45, 7) is 8.26. The first-order chi connectivity index (χ1) is 11.3. The molecule has 0 saturated heterocycles. The average Bonchev–Trinajstić information content (AvgIpc) is 3.23. The van der Waals surface area contributed by atoms with E-state index < -0.39 is 0 Å². The molecule has 6 heteroatoms. The second kappa shape index (κ2) is 12.1. The number of hydrogen-bond donors (Lipinski definition) is 2. The molecule has 0 fully saturated rings. The molecular weight excluding hydrogens is 433 g/mol. The minimum absolute atomic E-state index is 0. The summed E-state index contributed by atoms with van der Waals surface area (Å²) in [5.74, 6) is 2.32. The Morgan fingerprint density at radius 3 is 2.92 bits per heavy atom. The maximum absolute atomic E-state index is 5.34. The number of guanidine groups is 1. The van der Waals surface area contributed by atoms with Gasteiger partial charge in [-0.2, -0.15) is 0 Å². The van der Waals surface area contributed by atoms with E-state index >= 15 is 0 Å². The van der Waals surface area contributed by atoms with E-state index in [0.29, 0.717) is 12.5 Å². The molecule has 0 aliphatic carbocycles. The van der Waals surface area contributed by atoms with Crippen LogP contribution in [0, 0.1) is 5.92 Å². The standard InChI is InChI=1S/C18H25N3OS.HI/c1-3-9-19-18(20-10-8-16-6-4-11-22-16)21-14-15(2)13-17-7-5-12-23-17;/h3-7,11-12,15H,1,8-10,13-14H2,2H3,(H2,19,20,21);1H. The van der Waals surface area contributed by atoms with E-state index in [1.807, 2.05) is 29.5 Å². The molecule has 2 aromatic rings. The number of hydrogen-bond acceptors (Lipinski definition) is 3. The van der Waals surface area contributed by atoms with Crippen LogP contribution in [0.15, 0.2) is 58.0 Å². The Kier molecular flexibility index (Phi) is 10.5. The van der Waals surface area contributed by atoms with Crippen molar-refractivity contribution in [3.63, 3.8) is 0 Å². The smallest absolute Gasteiger partial charge is 0.191 e. The summed E-state index contributed by atoms with van der Waals surface area (Å²) in [7, 11) is 0. The second-order valence-electron chi connectivity index (χ2n) is 5.50. The lowest BCUT2D eigenvalue weighted by atomic mass is 10.1. The SMILES string of the molecule is C=CCNC(=NCC(C)Cc1cccs1)NCCc1ccco1.I. The number of thiophene rings is 1. The van der Waals surface area contributed by atoms with Crippen molar-refractivity contribution in [2.75, 3.05) is 19.6 Å². The van der Waals surface area contributed by atoms with Gasteiger partial charge in [0.15, 0.2) is 5.96 Å². The Morgan fingerprint density at radius 2 is 2.25 bits per heavy atom. The zero-order valence-electron chi connectivity index (χ0n) is 14.0. The van der Waals surface area contributed by atoms with E-state index in [-0.39, 0.29) is 24.0 Å². The molecule has 132 valence electrons. The molecule has 2 N–H and O–H groups in total. The van der Waals surface area contributed by atoms with Gasteiger partial charge in [0.25, 0.3) is 0 Å². The highest BCUT2D eigenvalue weighted by Crippen LogP contribution is 2.14. The maximum atomic E-state index is 5.34. The predicted molar refractivity (Wildman–Crippen MR) is 114 cm³/mol. The molecule has 2 aromatic heterocycles. The normalized spacial score (nSPS) is 12.3. The van der Waals surface area contributed by atoms with Gasteiger partial charge < -0.3 is 15.1 Å². The van der Waals surface area contributed by atoms with Crippen molar-refractivity contribution in [3.8, 4) is 0 Å². The number of rotatable bonds is 9. The van der Waals surface area contributed by atoms with Crippen molar-refractivity contribution in [1.82, 2.24) is 10.6 Å². The van der Waals surface area contributed by atoms with Crippen LogP contribution in [0.4, 0.5) is 0 Å². The first-order valence-electron chi connectivity index (χ1n) is 7.95. The highest BCUT2D eigenvalue weighted by molar-refractivity contribution is 14.0. The van der Waals surface area contributed by atoms with Crippen LogP contribution in [0.2, 0.25) is 0 Å². The van der Waals surface area contributed by atoms with Crippen LogP contribution < -0.4 is 10.6 Å². The highest BCUT2D eigenvalue weighted by Gasteiger charge is 2.05. The van der Waals surface area contributed by atoms with Gasteiger partial charge in [-0.3, -0.25) is 4.99 Å². The van der Waals surface area contributed by atoms with Gasteiger partial charge in [0.2, 0.25) is 0 Å². The molecule has 0 aliphatic rings. The monoisotopic (exact) mass is 459 g/mol. The van der Waals surface area contributed by atoms with E-state index in [1.165, 1.54) is 4.88 Å². The summed E-state index contributed by atoms with van der Waals surface area (Å²) in [6, 6.07) is 8.18. The number of nitrogens with zero attached hydrogens (tertiary/aromatic N) is 1. The van der Waals surface area contributed by atoms with E-state index in [9.17, 15) is 0 Å². The largest absolute Gasteiger partial charge is 0.469 e. The van der Waals surface area contributed by atoms with Crippen LogP contribution in [0.3, 0.4) is 0 Å². The molecule has 2 heterocycles. The highest BCUT2D eigenvalue weighted by atomic mass is 127. The Labute approximate surface area is 165 Å². The quantitative estimate of drug-likeness (QED) is 0.257. The third kappa shape index (κ3) is 8.01. The Hall–Kier alpha value is -1.28. The molecule has 24 heavy (non-hydrogen) atoms. The lowest BCUT2D eigenvalue weighted by Crippen LogP contribution is -2.38. The lowest BCUT2D eigenvalue weighted by Gasteiger charge is -2.13. The zero-order chi connectivity index (χ0) is 16.3. The Morgan fingerprint density at radius 1 is 1.38 bits per heavy atom. The number of halogens is 1. The van der Waals surface area contributed by atoms with Gasteiger partial charge in [-0.25, -0.2) is 0 Å². The van der Waals surface area contributed by atoms with Crippen LogP contribution >= 0.6 is 35.3 Å². The molecule has 0 aliphatic heterocycles. The summed E-state index contributed by atoms with van der Waals surface area (Å²) >= 11 is 1.81.